The SMILES string of the molecule is COCC(Cl)CNCc1cc(Br)cc2c1OCC2. The van der Waals surface area contributed by atoms with Crippen LogP contribution in [0.15, 0.2) is 16.6 Å². The Morgan fingerprint density at radius 3 is 3.17 bits per heavy atom. The second-order valence-electron chi connectivity index (χ2n) is 4.34. The summed E-state index contributed by atoms with van der Waals surface area (Å²) in [5, 5.41) is 3.33. The van der Waals surface area contributed by atoms with E-state index in [1.807, 2.05) is 0 Å². The van der Waals surface area contributed by atoms with Crippen molar-refractivity contribution in [2.75, 3.05) is 26.9 Å². The Kier molecular flexibility index (Phi) is 5.30. The van der Waals surface area contributed by atoms with Gasteiger partial charge in [0, 0.05) is 36.7 Å². The number of ether oxygens (including phenoxy) is 2. The third kappa shape index (κ3) is 3.60. The van der Waals surface area contributed by atoms with E-state index in [1.165, 1.54) is 11.1 Å². The van der Waals surface area contributed by atoms with E-state index in [4.69, 9.17) is 21.1 Å². The minimum absolute atomic E-state index is 0.00359. The molecule has 1 aromatic rings. The van der Waals surface area contributed by atoms with Crippen LogP contribution in [0.25, 0.3) is 0 Å². The van der Waals surface area contributed by atoms with E-state index in [0.29, 0.717) is 6.61 Å². The molecule has 0 bridgehead atoms. The number of methoxy groups -OCH3 is 1. The summed E-state index contributed by atoms with van der Waals surface area (Å²) in [7, 11) is 1.66. The molecule has 0 saturated heterocycles. The Morgan fingerprint density at radius 1 is 1.56 bits per heavy atom. The Labute approximate surface area is 121 Å². The zero-order chi connectivity index (χ0) is 13.0. The van der Waals surface area contributed by atoms with E-state index < -0.39 is 0 Å². The summed E-state index contributed by atoms with van der Waals surface area (Å²) in [5.41, 5.74) is 2.46. The summed E-state index contributed by atoms with van der Waals surface area (Å²) in [4.78, 5) is 0. The molecule has 1 heterocycles. The standard InChI is InChI=1S/C13H17BrClNO2/c1-17-8-12(15)7-16-6-10-5-11(14)4-9-2-3-18-13(9)10/h4-5,12,16H,2-3,6-8H2,1H3. The van der Waals surface area contributed by atoms with Crippen molar-refractivity contribution in [3.63, 3.8) is 0 Å². The fourth-order valence-corrected chi connectivity index (χ4v) is 2.87. The van der Waals surface area contributed by atoms with Gasteiger partial charge in [0.15, 0.2) is 0 Å². The summed E-state index contributed by atoms with van der Waals surface area (Å²) in [6, 6.07) is 4.22. The van der Waals surface area contributed by atoms with Crippen LogP contribution < -0.4 is 10.1 Å². The molecule has 1 aromatic carbocycles. The van der Waals surface area contributed by atoms with Crippen LogP contribution in [-0.4, -0.2) is 32.2 Å². The highest BCUT2D eigenvalue weighted by molar-refractivity contribution is 9.10. The average Bonchev–Trinajstić information content (AvgIpc) is 2.77. The second kappa shape index (κ2) is 6.75. The van der Waals surface area contributed by atoms with Crippen LogP contribution in [0.4, 0.5) is 0 Å². The molecule has 1 N–H and O–H groups in total. The Morgan fingerprint density at radius 2 is 2.39 bits per heavy atom. The number of fused-ring (bicyclic) bond motifs is 1. The second-order valence-corrected chi connectivity index (χ2v) is 5.87. The number of halogens is 2. The van der Waals surface area contributed by atoms with Crippen molar-refractivity contribution in [2.24, 2.45) is 0 Å². The van der Waals surface area contributed by atoms with Crippen LogP contribution in [0.2, 0.25) is 0 Å². The third-order valence-corrected chi connectivity index (χ3v) is 3.59. The summed E-state index contributed by atoms with van der Waals surface area (Å²) >= 11 is 9.60. The van der Waals surface area contributed by atoms with Gasteiger partial charge in [0.2, 0.25) is 0 Å². The zero-order valence-electron chi connectivity index (χ0n) is 10.3. The first-order valence-electron chi connectivity index (χ1n) is 5.98. The lowest BCUT2D eigenvalue weighted by molar-refractivity contribution is 0.197. The lowest BCUT2D eigenvalue weighted by Crippen LogP contribution is -2.26. The molecule has 0 saturated carbocycles. The predicted molar refractivity (Wildman–Crippen MR) is 76.6 cm³/mol. The van der Waals surface area contributed by atoms with Gasteiger partial charge in [-0.25, -0.2) is 0 Å². The summed E-state index contributed by atoms with van der Waals surface area (Å²) in [6.07, 6.45) is 0.990. The molecule has 18 heavy (non-hydrogen) atoms. The van der Waals surface area contributed by atoms with Gasteiger partial charge in [-0.3, -0.25) is 0 Å². The van der Waals surface area contributed by atoms with Crippen LogP contribution in [0.3, 0.4) is 0 Å². The highest BCUT2D eigenvalue weighted by Gasteiger charge is 2.17. The van der Waals surface area contributed by atoms with Crippen molar-refractivity contribution < 1.29 is 9.47 Å². The van der Waals surface area contributed by atoms with E-state index in [1.54, 1.807) is 7.11 Å². The van der Waals surface area contributed by atoms with Crippen molar-refractivity contribution in [3.05, 3.63) is 27.7 Å². The molecule has 0 radical (unpaired) electrons. The van der Waals surface area contributed by atoms with Gasteiger partial charge in [0.1, 0.15) is 5.75 Å². The van der Waals surface area contributed by atoms with Crippen molar-refractivity contribution in [2.45, 2.75) is 18.3 Å². The van der Waals surface area contributed by atoms with E-state index in [2.05, 4.69) is 33.4 Å². The molecule has 0 aliphatic carbocycles. The average molecular weight is 335 g/mol. The largest absolute Gasteiger partial charge is 0.493 e. The molecule has 0 fully saturated rings. The molecule has 1 unspecified atom stereocenters. The van der Waals surface area contributed by atoms with Crippen LogP contribution in [0.5, 0.6) is 5.75 Å². The fourth-order valence-electron chi connectivity index (χ4n) is 2.08. The number of rotatable bonds is 6. The maximum Gasteiger partial charge on any atom is 0.127 e. The minimum atomic E-state index is -0.00359. The third-order valence-electron chi connectivity index (χ3n) is 2.85. The highest BCUT2D eigenvalue weighted by atomic mass is 79.9. The minimum Gasteiger partial charge on any atom is -0.493 e. The predicted octanol–water partition coefficient (Wildman–Crippen LogP) is 2.73. The molecular formula is C13H17BrClNO2. The van der Waals surface area contributed by atoms with Gasteiger partial charge >= 0.3 is 0 Å². The van der Waals surface area contributed by atoms with Crippen LogP contribution in [-0.2, 0) is 17.7 Å². The van der Waals surface area contributed by atoms with E-state index in [0.717, 1.165) is 36.3 Å². The quantitative estimate of drug-likeness (QED) is 0.812. The zero-order valence-corrected chi connectivity index (χ0v) is 12.7. The molecule has 1 aliphatic rings. The summed E-state index contributed by atoms with van der Waals surface area (Å²) < 4.78 is 11.8. The van der Waals surface area contributed by atoms with Gasteiger partial charge in [-0.1, -0.05) is 15.9 Å². The lowest BCUT2D eigenvalue weighted by atomic mass is 10.1. The monoisotopic (exact) mass is 333 g/mol. The van der Waals surface area contributed by atoms with Crippen molar-refractivity contribution in [3.8, 4) is 5.75 Å². The van der Waals surface area contributed by atoms with E-state index >= 15 is 0 Å². The van der Waals surface area contributed by atoms with Crippen LogP contribution in [0.1, 0.15) is 11.1 Å². The van der Waals surface area contributed by atoms with Gasteiger partial charge in [-0.15, -0.1) is 11.6 Å². The maximum atomic E-state index is 6.07. The van der Waals surface area contributed by atoms with Gasteiger partial charge < -0.3 is 14.8 Å². The first kappa shape index (κ1) is 14.1. The van der Waals surface area contributed by atoms with E-state index in [9.17, 15) is 0 Å². The molecule has 100 valence electrons. The van der Waals surface area contributed by atoms with Gasteiger partial charge in [-0.05, 0) is 17.7 Å². The topological polar surface area (TPSA) is 30.5 Å². The van der Waals surface area contributed by atoms with Gasteiger partial charge in [-0.2, -0.15) is 0 Å². The Balaban J connectivity index is 1.93. The Bertz CT molecular complexity index is 414. The van der Waals surface area contributed by atoms with Crippen LogP contribution >= 0.6 is 27.5 Å². The highest BCUT2D eigenvalue weighted by Crippen LogP contribution is 2.32. The summed E-state index contributed by atoms with van der Waals surface area (Å²) in [5.74, 6) is 1.03. The fraction of sp³-hybridized carbons (Fsp3) is 0.538. The van der Waals surface area contributed by atoms with Crippen molar-refractivity contribution in [1.82, 2.24) is 5.32 Å². The number of nitrogens with one attached hydrogen (secondary N) is 1. The van der Waals surface area contributed by atoms with Crippen molar-refractivity contribution >= 4 is 27.5 Å². The summed E-state index contributed by atoms with van der Waals surface area (Å²) in [6.45, 7) is 2.81. The number of hydrogen-bond donors (Lipinski definition) is 1. The first-order chi connectivity index (χ1) is 8.70. The molecule has 5 heteroatoms. The van der Waals surface area contributed by atoms with Gasteiger partial charge in [0.25, 0.3) is 0 Å². The molecule has 1 atom stereocenters. The number of benzene rings is 1. The van der Waals surface area contributed by atoms with Gasteiger partial charge in [0.05, 0.1) is 18.6 Å². The van der Waals surface area contributed by atoms with Crippen LogP contribution in [0, 0.1) is 0 Å². The number of alkyl halides is 1. The van der Waals surface area contributed by atoms with E-state index in [-0.39, 0.29) is 5.38 Å². The first-order valence-corrected chi connectivity index (χ1v) is 7.21. The smallest absolute Gasteiger partial charge is 0.127 e. The molecule has 0 aromatic heterocycles. The normalized spacial score (nSPS) is 15.3. The molecule has 0 spiro atoms. The molecule has 1 aliphatic heterocycles. The molecule has 2 rings (SSSR count). The maximum absolute atomic E-state index is 6.07. The lowest BCUT2D eigenvalue weighted by Gasteiger charge is -2.12. The molecule has 3 nitrogen and oxygen atoms in total. The molecular weight excluding hydrogens is 318 g/mol. The number of hydrogen-bond acceptors (Lipinski definition) is 3. The van der Waals surface area contributed by atoms with Crippen molar-refractivity contribution in [1.29, 1.82) is 0 Å². The Hall–Kier alpha value is -0.290. The molecule has 0 amide bonds.